The first-order valence-corrected chi connectivity index (χ1v) is 6.20. The van der Waals surface area contributed by atoms with E-state index in [2.05, 4.69) is 0 Å². The molecule has 0 N–H and O–H groups in total. The molecule has 17 heavy (non-hydrogen) atoms. The summed E-state index contributed by atoms with van der Waals surface area (Å²) in [7, 11) is 0. The van der Waals surface area contributed by atoms with Crippen LogP contribution in [0.2, 0.25) is 0 Å². The van der Waals surface area contributed by atoms with Gasteiger partial charge in [0.1, 0.15) is 12.2 Å². The highest BCUT2D eigenvalue weighted by atomic mass is 16.7. The highest BCUT2D eigenvalue weighted by Crippen LogP contribution is 2.53. The summed E-state index contributed by atoms with van der Waals surface area (Å²) in [6.07, 6.45) is 2.69. The molecule has 0 spiro atoms. The molecule has 0 bridgehead atoms. The van der Waals surface area contributed by atoms with Gasteiger partial charge >= 0.3 is 5.97 Å². The van der Waals surface area contributed by atoms with Gasteiger partial charge in [0.25, 0.3) is 0 Å². The zero-order valence-corrected chi connectivity index (χ0v) is 9.89. The molecule has 2 aliphatic rings. The van der Waals surface area contributed by atoms with Crippen LogP contribution >= 0.6 is 0 Å². The van der Waals surface area contributed by atoms with Crippen molar-refractivity contribution in [3.05, 3.63) is 35.9 Å². The Bertz CT molecular complexity index is 424. The van der Waals surface area contributed by atoms with E-state index in [0.717, 1.165) is 18.4 Å². The van der Waals surface area contributed by atoms with Gasteiger partial charge < -0.3 is 9.47 Å². The molecule has 2 unspecified atom stereocenters. The Hall–Kier alpha value is -1.35. The standard InChI is InChI=1S/C14H16O3/c1-2-14(13(15)16-11-8-9-11)12(17-14)10-6-4-3-5-7-10/h3-7,11-12H,2,8-9H2,1H3. The fraction of sp³-hybridized carbons (Fsp3) is 0.500. The van der Waals surface area contributed by atoms with Crippen molar-refractivity contribution in [3.8, 4) is 0 Å². The Labute approximate surface area is 101 Å². The Morgan fingerprint density at radius 1 is 1.41 bits per heavy atom. The quantitative estimate of drug-likeness (QED) is 0.591. The maximum absolute atomic E-state index is 12.0. The van der Waals surface area contributed by atoms with Crippen LogP contribution in [0.25, 0.3) is 0 Å². The Morgan fingerprint density at radius 2 is 2.12 bits per heavy atom. The molecular weight excluding hydrogens is 216 g/mol. The lowest BCUT2D eigenvalue weighted by molar-refractivity contribution is -0.151. The summed E-state index contributed by atoms with van der Waals surface area (Å²) < 4.78 is 11.0. The molecule has 90 valence electrons. The molecule has 2 fully saturated rings. The normalized spacial score (nSPS) is 31.0. The molecule has 1 aliphatic heterocycles. The zero-order chi connectivity index (χ0) is 11.9. The lowest BCUT2D eigenvalue weighted by Crippen LogP contribution is -2.27. The van der Waals surface area contributed by atoms with E-state index in [1.165, 1.54) is 0 Å². The molecule has 0 radical (unpaired) electrons. The van der Waals surface area contributed by atoms with E-state index >= 15 is 0 Å². The number of carbonyl (C=O) groups excluding carboxylic acids is 1. The minimum absolute atomic E-state index is 0.125. The van der Waals surface area contributed by atoms with Crippen LogP contribution in [0, 0.1) is 0 Å². The van der Waals surface area contributed by atoms with Gasteiger partial charge in [0, 0.05) is 0 Å². The van der Waals surface area contributed by atoms with Gasteiger partial charge in [-0.05, 0) is 24.8 Å². The maximum atomic E-state index is 12.0. The molecular formula is C14H16O3. The molecule has 1 saturated heterocycles. The number of epoxide rings is 1. The molecule has 3 rings (SSSR count). The summed E-state index contributed by atoms with van der Waals surface area (Å²) in [6, 6.07) is 9.87. The first kappa shape index (κ1) is 10.8. The summed E-state index contributed by atoms with van der Waals surface area (Å²) in [5, 5.41) is 0. The molecule has 1 aromatic rings. The van der Waals surface area contributed by atoms with Crippen molar-refractivity contribution >= 4 is 5.97 Å². The fourth-order valence-corrected chi connectivity index (χ4v) is 2.15. The van der Waals surface area contributed by atoms with E-state index in [1.54, 1.807) is 0 Å². The SMILES string of the molecule is CCC1(C(=O)OC2CC2)OC1c1ccccc1. The minimum Gasteiger partial charge on any atom is -0.460 e. The van der Waals surface area contributed by atoms with Crippen LogP contribution in [0.15, 0.2) is 30.3 Å². The van der Waals surface area contributed by atoms with Crippen molar-refractivity contribution in [3.63, 3.8) is 0 Å². The Kier molecular flexibility index (Phi) is 2.44. The first-order chi connectivity index (χ1) is 8.26. The average Bonchev–Trinajstić information content (AvgIpc) is 3.25. The smallest absolute Gasteiger partial charge is 0.341 e. The number of hydrogen-bond donors (Lipinski definition) is 0. The maximum Gasteiger partial charge on any atom is 0.341 e. The number of ether oxygens (including phenoxy) is 2. The molecule has 3 heteroatoms. The summed E-state index contributed by atoms with van der Waals surface area (Å²) in [5.41, 5.74) is 0.339. The molecule has 1 heterocycles. The third-order valence-corrected chi connectivity index (χ3v) is 3.47. The highest BCUT2D eigenvalue weighted by Gasteiger charge is 2.63. The topological polar surface area (TPSA) is 38.8 Å². The van der Waals surface area contributed by atoms with Crippen molar-refractivity contribution in [2.45, 2.75) is 44.0 Å². The summed E-state index contributed by atoms with van der Waals surface area (Å²) in [6.45, 7) is 1.97. The molecule has 2 atom stereocenters. The highest BCUT2D eigenvalue weighted by molar-refractivity contribution is 5.84. The van der Waals surface area contributed by atoms with Gasteiger partial charge in [-0.2, -0.15) is 0 Å². The number of hydrogen-bond acceptors (Lipinski definition) is 3. The van der Waals surface area contributed by atoms with Crippen molar-refractivity contribution in [2.24, 2.45) is 0 Å². The summed E-state index contributed by atoms with van der Waals surface area (Å²) in [5.74, 6) is -0.184. The van der Waals surface area contributed by atoms with Gasteiger partial charge in [-0.3, -0.25) is 0 Å². The second kappa shape index (κ2) is 3.84. The Morgan fingerprint density at radius 3 is 2.71 bits per heavy atom. The van der Waals surface area contributed by atoms with Gasteiger partial charge in [-0.1, -0.05) is 37.3 Å². The Balaban J connectivity index is 1.75. The summed E-state index contributed by atoms with van der Waals surface area (Å²) >= 11 is 0. The van der Waals surface area contributed by atoms with Crippen molar-refractivity contribution in [2.75, 3.05) is 0 Å². The number of benzene rings is 1. The molecule has 1 aromatic carbocycles. The second-order valence-corrected chi connectivity index (χ2v) is 4.76. The van der Waals surface area contributed by atoms with Gasteiger partial charge in [0.15, 0.2) is 5.60 Å². The fourth-order valence-electron chi connectivity index (χ4n) is 2.15. The molecule has 1 aliphatic carbocycles. The van der Waals surface area contributed by atoms with E-state index in [1.807, 2.05) is 37.3 Å². The van der Waals surface area contributed by atoms with Gasteiger partial charge in [0.2, 0.25) is 0 Å². The number of carbonyl (C=O) groups is 1. The predicted molar refractivity (Wildman–Crippen MR) is 62.4 cm³/mol. The van der Waals surface area contributed by atoms with Crippen LogP contribution in [0.3, 0.4) is 0 Å². The van der Waals surface area contributed by atoms with Crippen LogP contribution in [0.4, 0.5) is 0 Å². The van der Waals surface area contributed by atoms with Crippen LogP contribution in [0.5, 0.6) is 0 Å². The third kappa shape index (κ3) is 1.84. The number of rotatable bonds is 4. The average molecular weight is 232 g/mol. The van der Waals surface area contributed by atoms with Crippen LogP contribution < -0.4 is 0 Å². The van der Waals surface area contributed by atoms with Gasteiger partial charge in [-0.15, -0.1) is 0 Å². The summed E-state index contributed by atoms with van der Waals surface area (Å²) in [4.78, 5) is 12.0. The molecule has 0 amide bonds. The van der Waals surface area contributed by atoms with Crippen LogP contribution in [0.1, 0.15) is 37.9 Å². The van der Waals surface area contributed by atoms with Crippen LogP contribution in [-0.2, 0) is 14.3 Å². The van der Waals surface area contributed by atoms with E-state index in [0.29, 0.717) is 6.42 Å². The van der Waals surface area contributed by atoms with E-state index in [4.69, 9.17) is 9.47 Å². The monoisotopic (exact) mass is 232 g/mol. The van der Waals surface area contributed by atoms with E-state index in [-0.39, 0.29) is 18.2 Å². The van der Waals surface area contributed by atoms with Gasteiger partial charge in [0.05, 0.1) is 0 Å². The first-order valence-electron chi connectivity index (χ1n) is 6.20. The van der Waals surface area contributed by atoms with E-state index in [9.17, 15) is 4.79 Å². The molecule has 1 saturated carbocycles. The van der Waals surface area contributed by atoms with Crippen molar-refractivity contribution < 1.29 is 14.3 Å². The lowest BCUT2D eigenvalue weighted by Gasteiger charge is -2.09. The third-order valence-electron chi connectivity index (χ3n) is 3.47. The molecule has 0 aromatic heterocycles. The van der Waals surface area contributed by atoms with Crippen molar-refractivity contribution in [1.82, 2.24) is 0 Å². The predicted octanol–water partition coefficient (Wildman–Crippen LogP) is 2.61. The van der Waals surface area contributed by atoms with Crippen molar-refractivity contribution in [1.29, 1.82) is 0 Å². The van der Waals surface area contributed by atoms with Gasteiger partial charge in [-0.25, -0.2) is 4.79 Å². The van der Waals surface area contributed by atoms with Crippen LogP contribution in [-0.4, -0.2) is 17.7 Å². The molecule has 3 nitrogen and oxygen atoms in total. The number of esters is 1. The lowest BCUT2D eigenvalue weighted by atomic mass is 9.97. The largest absolute Gasteiger partial charge is 0.460 e. The second-order valence-electron chi connectivity index (χ2n) is 4.76. The van der Waals surface area contributed by atoms with E-state index < -0.39 is 5.60 Å². The minimum atomic E-state index is -0.718. The zero-order valence-electron chi connectivity index (χ0n) is 9.89.